The Morgan fingerprint density at radius 2 is 1.48 bits per heavy atom. The zero-order chi connectivity index (χ0) is 18.9. The molecule has 1 aliphatic rings. The second-order valence-corrected chi connectivity index (χ2v) is 8.64. The number of aromatic nitrogens is 2. The maximum atomic E-state index is 12.8. The summed E-state index contributed by atoms with van der Waals surface area (Å²) < 4.78 is 28.3. The lowest BCUT2D eigenvalue weighted by molar-refractivity contribution is 0.601. The average Bonchev–Trinajstić information content (AvgIpc) is 3.15. The summed E-state index contributed by atoms with van der Waals surface area (Å²) in [6.07, 6.45) is 4.45. The van der Waals surface area contributed by atoms with E-state index in [0.717, 1.165) is 23.9 Å². The maximum Gasteiger partial charge on any atom is 0.263 e. The molecule has 0 aliphatic heterocycles. The Kier molecular flexibility index (Phi) is 4.70. The molecule has 0 unspecified atom stereocenters. The van der Waals surface area contributed by atoms with Crippen LogP contribution in [-0.2, 0) is 10.0 Å². The molecule has 1 saturated carbocycles. The van der Waals surface area contributed by atoms with Crippen LogP contribution < -0.4 is 10.0 Å². The van der Waals surface area contributed by atoms with Gasteiger partial charge in [-0.2, -0.15) is 0 Å². The van der Waals surface area contributed by atoms with E-state index in [4.69, 9.17) is 0 Å². The number of para-hydroxylation sites is 2. The third-order valence-corrected chi connectivity index (χ3v) is 6.18. The Labute approximate surface area is 159 Å². The van der Waals surface area contributed by atoms with Crippen LogP contribution in [0.4, 0.5) is 11.6 Å². The van der Waals surface area contributed by atoms with Gasteiger partial charge in [-0.1, -0.05) is 42.7 Å². The highest BCUT2D eigenvalue weighted by atomic mass is 32.2. The number of anilines is 2. The van der Waals surface area contributed by atoms with Gasteiger partial charge in [0.15, 0.2) is 11.6 Å². The summed E-state index contributed by atoms with van der Waals surface area (Å²) in [6, 6.07) is 14.5. The minimum atomic E-state index is -3.75. The third-order valence-electron chi connectivity index (χ3n) is 4.83. The molecular formula is C20H22N4O2S. The van der Waals surface area contributed by atoms with Crippen molar-refractivity contribution in [2.24, 2.45) is 0 Å². The van der Waals surface area contributed by atoms with E-state index in [1.807, 2.05) is 31.2 Å². The Hall–Kier alpha value is -2.67. The van der Waals surface area contributed by atoms with Crippen LogP contribution in [0.2, 0.25) is 0 Å². The molecule has 140 valence electrons. The monoisotopic (exact) mass is 382 g/mol. The Balaban J connectivity index is 1.73. The second-order valence-electron chi connectivity index (χ2n) is 6.95. The van der Waals surface area contributed by atoms with E-state index >= 15 is 0 Å². The molecule has 4 rings (SSSR count). The standard InChI is InChI=1S/C20H22N4O2S/c1-14-10-12-16(13-11-14)27(25,26)24-20-19(21-15-6-2-3-7-15)22-17-8-4-5-9-18(17)23-20/h4-5,8-13,15H,2-3,6-7H2,1H3,(H,21,22)(H,23,24). The van der Waals surface area contributed by atoms with Gasteiger partial charge >= 0.3 is 0 Å². The van der Waals surface area contributed by atoms with Crippen LogP contribution >= 0.6 is 0 Å². The molecule has 7 heteroatoms. The van der Waals surface area contributed by atoms with Gasteiger partial charge in [-0.15, -0.1) is 0 Å². The molecule has 1 heterocycles. The summed E-state index contributed by atoms with van der Waals surface area (Å²) in [5.41, 5.74) is 2.38. The first-order valence-corrected chi connectivity index (χ1v) is 10.6. The third kappa shape index (κ3) is 3.88. The maximum absolute atomic E-state index is 12.8. The largest absolute Gasteiger partial charge is 0.364 e. The predicted molar refractivity (Wildman–Crippen MR) is 107 cm³/mol. The lowest BCUT2D eigenvalue weighted by Gasteiger charge is -2.17. The molecule has 1 fully saturated rings. The van der Waals surface area contributed by atoms with Crippen LogP contribution in [-0.4, -0.2) is 24.4 Å². The van der Waals surface area contributed by atoms with Gasteiger partial charge in [0.05, 0.1) is 15.9 Å². The number of hydrogen-bond acceptors (Lipinski definition) is 5. The molecule has 1 aliphatic carbocycles. The fourth-order valence-electron chi connectivity index (χ4n) is 3.34. The normalized spacial score (nSPS) is 15.1. The van der Waals surface area contributed by atoms with Gasteiger partial charge < -0.3 is 5.32 Å². The molecule has 0 bridgehead atoms. The van der Waals surface area contributed by atoms with Crippen molar-refractivity contribution < 1.29 is 8.42 Å². The van der Waals surface area contributed by atoms with E-state index in [0.29, 0.717) is 17.4 Å². The highest BCUT2D eigenvalue weighted by Gasteiger charge is 2.22. The molecule has 27 heavy (non-hydrogen) atoms. The minimum absolute atomic E-state index is 0.204. The summed E-state index contributed by atoms with van der Waals surface area (Å²) >= 11 is 0. The fraction of sp³-hybridized carbons (Fsp3) is 0.300. The van der Waals surface area contributed by atoms with Gasteiger partial charge in [-0.25, -0.2) is 18.4 Å². The van der Waals surface area contributed by atoms with Crippen LogP contribution in [0.5, 0.6) is 0 Å². The number of rotatable bonds is 5. The molecule has 1 aromatic heterocycles. The summed E-state index contributed by atoms with van der Waals surface area (Å²) in [4.78, 5) is 9.36. The van der Waals surface area contributed by atoms with Crippen LogP contribution in [0.25, 0.3) is 11.0 Å². The van der Waals surface area contributed by atoms with Gasteiger partial charge in [-0.3, -0.25) is 4.72 Å². The van der Waals surface area contributed by atoms with Crippen molar-refractivity contribution in [3.8, 4) is 0 Å². The lowest BCUT2D eigenvalue weighted by atomic mass is 10.2. The van der Waals surface area contributed by atoms with Crippen molar-refractivity contribution in [3.63, 3.8) is 0 Å². The smallest absolute Gasteiger partial charge is 0.263 e. The summed E-state index contributed by atoms with van der Waals surface area (Å²) in [7, 11) is -3.75. The van der Waals surface area contributed by atoms with Gasteiger partial charge in [0.1, 0.15) is 0 Å². The number of nitrogens with one attached hydrogen (secondary N) is 2. The van der Waals surface area contributed by atoms with Crippen LogP contribution in [0.15, 0.2) is 53.4 Å². The molecule has 2 N–H and O–H groups in total. The predicted octanol–water partition coefficient (Wildman–Crippen LogP) is 4.09. The molecule has 2 aromatic carbocycles. The quantitative estimate of drug-likeness (QED) is 0.694. The molecule has 0 radical (unpaired) electrons. The zero-order valence-corrected chi connectivity index (χ0v) is 16.0. The first-order valence-electron chi connectivity index (χ1n) is 9.14. The lowest BCUT2D eigenvalue weighted by Crippen LogP contribution is -2.20. The van der Waals surface area contributed by atoms with E-state index in [2.05, 4.69) is 20.0 Å². The van der Waals surface area contributed by atoms with E-state index in [9.17, 15) is 8.42 Å². The number of benzene rings is 2. The highest BCUT2D eigenvalue weighted by Crippen LogP contribution is 2.28. The van der Waals surface area contributed by atoms with Gasteiger partial charge in [-0.05, 0) is 44.0 Å². The zero-order valence-electron chi connectivity index (χ0n) is 15.1. The number of fused-ring (bicyclic) bond motifs is 1. The molecular weight excluding hydrogens is 360 g/mol. The van der Waals surface area contributed by atoms with E-state index in [1.165, 1.54) is 12.8 Å². The van der Waals surface area contributed by atoms with Crippen molar-refractivity contribution in [2.75, 3.05) is 10.0 Å². The van der Waals surface area contributed by atoms with Gasteiger partial charge in [0.25, 0.3) is 10.0 Å². The van der Waals surface area contributed by atoms with Gasteiger partial charge in [0, 0.05) is 6.04 Å². The Bertz CT molecular complexity index is 1060. The van der Waals surface area contributed by atoms with Crippen LogP contribution in [0, 0.1) is 6.92 Å². The molecule has 0 spiro atoms. The molecule has 3 aromatic rings. The molecule has 6 nitrogen and oxygen atoms in total. The minimum Gasteiger partial charge on any atom is -0.364 e. The first kappa shape index (κ1) is 17.7. The number of hydrogen-bond donors (Lipinski definition) is 2. The molecule has 0 amide bonds. The summed E-state index contributed by atoms with van der Waals surface area (Å²) in [6.45, 7) is 1.92. The van der Waals surface area contributed by atoms with Crippen LogP contribution in [0.1, 0.15) is 31.2 Å². The first-order chi connectivity index (χ1) is 13.0. The van der Waals surface area contributed by atoms with E-state index in [-0.39, 0.29) is 10.7 Å². The van der Waals surface area contributed by atoms with Crippen molar-refractivity contribution >= 4 is 32.7 Å². The molecule has 0 atom stereocenters. The van der Waals surface area contributed by atoms with Gasteiger partial charge in [0.2, 0.25) is 0 Å². The van der Waals surface area contributed by atoms with E-state index < -0.39 is 10.0 Å². The molecule has 0 saturated heterocycles. The van der Waals surface area contributed by atoms with Crippen molar-refractivity contribution in [2.45, 2.75) is 43.5 Å². The number of sulfonamides is 1. The fourth-order valence-corrected chi connectivity index (χ4v) is 4.35. The second kappa shape index (κ2) is 7.15. The Morgan fingerprint density at radius 1 is 0.889 bits per heavy atom. The van der Waals surface area contributed by atoms with Crippen molar-refractivity contribution in [3.05, 3.63) is 54.1 Å². The highest BCUT2D eigenvalue weighted by molar-refractivity contribution is 7.92. The van der Waals surface area contributed by atoms with E-state index in [1.54, 1.807) is 24.3 Å². The topological polar surface area (TPSA) is 84.0 Å². The van der Waals surface area contributed by atoms with Crippen molar-refractivity contribution in [1.29, 1.82) is 0 Å². The number of aryl methyl sites for hydroxylation is 1. The van der Waals surface area contributed by atoms with Crippen molar-refractivity contribution in [1.82, 2.24) is 9.97 Å². The average molecular weight is 382 g/mol. The SMILES string of the molecule is Cc1ccc(S(=O)(=O)Nc2nc3ccccc3nc2NC2CCCC2)cc1. The Morgan fingerprint density at radius 3 is 2.11 bits per heavy atom. The summed E-state index contributed by atoms with van der Waals surface area (Å²) in [5.74, 6) is 0.720. The van der Waals surface area contributed by atoms with Crippen LogP contribution in [0.3, 0.4) is 0 Å². The summed E-state index contributed by atoms with van der Waals surface area (Å²) in [5, 5.41) is 3.38. The number of nitrogens with zero attached hydrogens (tertiary/aromatic N) is 2.